The van der Waals surface area contributed by atoms with Crippen LogP contribution in [-0.4, -0.2) is 38.4 Å². The Morgan fingerprint density at radius 1 is 0.853 bits per heavy atom. The summed E-state index contributed by atoms with van der Waals surface area (Å²) in [5, 5.41) is 10.0. The van der Waals surface area contributed by atoms with Crippen molar-refractivity contribution in [2.24, 2.45) is 0 Å². The summed E-state index contributed by atoms with van der Waals surface area (Å²) in [6.45, 7) is 6.27. The quantitative estimate of drug-likeness (QED) is 0.335. The van der Waals surface area contributed by atoms with Crippen molar-refractivity contribution in [3.63, 3.8) is 0 Å². The summed E-state index contributed by atoms with van der Waals surface area (Å²) < 4.78 is 21.4. The zero-order valence-electron chi connectivity index (χ0n) is 20.1. The van der Waals surface area contributed by atoms with Gasteiger partial charge in [-0.3, -0.25) is 14.4 Å². The number of aromatic hydroxyl groups is 1. The normalized spacial score (nSPS) is 10.9. The Bertz CT molecular complexity index is 946. The lowest BCUT2D eigenvalue weighted by atomic mass is 9.96. The van der Waals surface area contributed by atoms with Crippen molar-refractivity contribution in [2.75, 3.05) is 6.61 Å². The highest BCUT2D eigenvalue weighted by atomic mass is 28.4. The van der Waals surface area contributed by atoms with Crippen molar-refractivity contribution in [1.29, 1.82) is 0 Å². The minimum atomic E-state index is -3.90. The summed E-state index contributed by atoms with van der Waals surface area (Å²) in [6, 6.07) is 12.9. The van der Waals surface area contributed by atoms with Gasteiger partial charge in [-0.25, -0.2) is 0 Å². The van der Waals surface area contributed by atoms with E-state index in [2.05, 4.69) is 6.92 Å². The molecule has 184 valence electrons. The van der Waals surface area contributed by atoms with Crippen LogP contribution in [0.1, 0.15) is 52.5 Å². The zero-order chi connectivity index (χ0) is 25.1. The Balaban J connectivity index is 2.21. The van der Waals surface area contributed by atoms with Crippen LogP contribution in [0.3, 0.4) is 0 Å². The van der Waals surface area contributed by atoms with E-state index in [0.29, 0.717) is 19.4 Å². The van der Waals surface area contributed by atoms with Crippen LogP contribution in [-0.2, 0) is 34.1 Å². The van der Waals surface area contributed by atoms with Crippen molar-refractivity contribution in [3.8, 4) is 22.6 Å². The molecule has 0 heterocycles. The molecule has 9 heteroatoms. The van der Waals surface area contributed by atoms with Gasteiger partial charge in [0.25, 0.3) is 17.9 Å². The van der Waals surface area contributed by atoms with Gasteiger partial charge in [0.05, 0.1) is 12.7 Å². The molecule has 0 bridgehead atoms. The molecule has 0 unspecified atom stereocenters. The maximum absolute atomic E-state index is 11.6. The van der Waals surface area contributed by atoms with Crippen LogP contribution in [0.4, 0.5) is 0 Å². The SMILES string of the molecule is CCCCOc1ccc(-c2ccc(O)cc2CCC[Si](OC(C)=O)(OC(C)=O)OC(C)=O)cc1. The van der Waals surface area contributed by atoms with Crippen LogP contribution in [0.15, 0.2) is 42.5 Å². The lowest BCUT2D eigenvalue weighted by Crippen LogP contribution is -2.49. The largest absolute Gasteiger partial charge is 0.705 e. The topological polar surface area (TPSA) is 108 Å². The first-order chi connectivity index (χ1) is 16.1. The number of aryl methyl sites for hydroxylation is 1. The van der Waals surface area contributed by atoms with Crippen molar-refractivity contribution in [2.45, 2.75) is 59.4 Å². The van der Waals surface area contributed by atoms with Gasteiger partial charge in [0.1, 0.15) is 11.5 Å². The molecule has 0 aliphatic carbocycles. The molecule has 0 fully saturated rings. The van der Waals surface area contributed by atoms with E-state index in [0.717, 1.165) is 56.1 Å². The molecule has 0 spiro atoms. The number of benzene rings is 2. The lowest BCUT2D eigenvalue weighted by molar-refractivity contribution is -0.147. The highest BCUT2D eigenvalue weighted by molar-refractivity contribution is 6.65. The molecule has 34 heavy (non-hydrogen) atoms. The molecule has 8 nitrogen and oxygen atoms in total. The smallest absolute Gasteiger partial charge is 0.508 e. The number of phenolic OH excluding ortho intramolecular Hbond substituents is 1. The van der Waals surface area contributed by atoms with Crippen LogP contribution in [0.2, 0.25) is 6.04 Å². The van der Waals surface area contributed by atoms with E-state index in [-0.39, 0.29) is 11.8 Å². The van der Waals surface area contributed by atoms with Crippen LogP contribution in [0, 0.1) is 0 Å². The fourth-order valence-corrected chi connectivity index (χ4v) is 5.86. The minimum absolute atomic E-state index is 0.0606. The summed E-state index contributed by atoms with van der Waals surface area (Å²) in [6.07, 6.45) is 2.89. The summed E-state index contributed by atoms with van der Waals surface area (Å²) in [4.78, 5) is 34.9. The third-order valence-corrected chi connectivity index (χ3v) is 7.61. The van der Waals surface area contributed by atoms with Gasteiger partial charge < -0.3 is 23.1 Å². The summed E-state index contributed by atoms with van der Waals surface area (Å²) in [5.41, 5.74) is 2.70. The molecule has 0 aliphatic rings. The molecule has 2 rings (SSSR count). The average Bonchev–Trinajstić information content (AvgIpc) is 2.73. The van der Waals surface area contributed by atoms with E-state index < -0.39 is 26.7 Å². The molecular weight excluding hydrogens is 456 g/mol. The third-order valence-electron chi connectivity index (χ3n) is 4.85. The van der Waals surface area contributed by atoms with Crippen molar-refractivity contribution < 1.29 is 37.5 Å². The lowest BCUT2D eigenvalue weighted by Gasteiger charge is -2.26. The second-order valence-corrected chi connectivity index (χ2v) is 10.4. The van der Waals surface area contributed by atoms with Gasteiger partial charge in [-0.05, 0) is 60.2 Å². The molecule has 0 atom stereocenters. The van der Waals surface area contributed by atoms with E-state index >= 15 is 0 Å². The molecule has 0 aliphatic heterocycles. The number of rotatable bonds is 12. The molecule has 0 saturated heterocycles. The maximum Gasteiger partial charge on any atom is 0.705 e. The molecule has 0 aromatic heterocycles. The van der Waals surface area contributed by atoms with Gasteiger partial charge in [-0.15, -0.1) is 0 Å². The van der Waals surface area contributed by atoms with E-state index in [1.807, 2.05) is 30.3 Å². The average molecular weight is 489 g/mol. The third kappa shape index (κ3) is 8.55. The van der Waals surface area contributed by atoms with Crippen LogP contribution >= 0.6 is 0 Å². The second-order valence-electron chi connectivity index (χ2n) is 7.89. The second kappa shape index (κ2) is 12.8. The fourth-order valence-electron chi connectivity index (χ4n) is 3.50. The highest BCUT2D eigenvalue weighted by Crippen LogP contribution is 2.31. The number of carbonyl (C=O) groups excluding carboxylic acids is 3. The molecule has 0 amide bonds. The predicted molar refractivity (Wildman–Crippen MR) is 128 cm³/mol. The fraction of sp³-hybridized carbons (Fsp3) is 0.400. The molecule has 0 radical (unpaired) electrons. The Labute approximate surface area is 201 Å². The summed E-state index contributed by atoms with van der Waals surface area (Å²) in [7, 11) is -3.90. The summed E-state index contributed by atoms with van der Waals surface area (Å²) >= 11 is 0. The van der Waals surface area contributed by atoms with Gasteiger partial charge in [-0.1, -0.05) is 31.5 Å². The van der Waals surface area contributed by atoms with Crippen LogP contribution in [0.5, 0.6) is 11.5 Å². The molecular formula is C25H32O8Si. The first-order valence-corrected chi connectivity index (χ1v) is 13.2. The van der Waals surface area contributed by atoms with Crippen LogP contribution in [0.25, 0.3) is 11.1 Å². The Morgan fingerprint density at radius 2 is 1.44 bits per heavy atom. The van der Waals surface area contributed by atoms with E-state index in [1.54, 1.807) is 12.1 Å². The van der Waals surface area contributed by atoms with Crippen molar-refractivity contribution in [3.05, 3.63) is 48.0 Å². The monoisotopic (exact) mass is 488 g/mol. The van der Waals surface area contributed by atoms with Gasteiger partial charge in [0.15, 0.2) is 0 Å². The standard InChI is InChI=1S/C25H32O8Si/c1-5-6-15-30-24-12-9-21(10-13-24)25-14-11-23(29)17-22(25)8-7-16-34(31-18(2)26,32-19(3)27)33-20(4)28/h9-14,17,29H,5-8,15-16H2,1-4H3. The molecule has 2 aromatic rings. The van der Waals surface area contributed by atoms with Gasteiger partial charge in [-0.2, -0.15) is 0 Å². The zero-order valence-corrected chi connectivity index (χ0v) is 21.1. The van der Waals surface area contributed by atoms with E-state index in [1.165, 1.54) is 0 Å². The first kappa shape index (κ1) is 26.9. The Morgan fingerprint density at radius 3 is 1.97 bits per heavy atom. The number of hydrogen-bond donors (Lipinski definition) is 1. The van der Waals surface area contributed by atoms with Gasteiger partial charge in [0.2, 0.25) is 0 Å². The number of unbranched alkanes of at least 4 members (excludes halogenated alkanes) is 1. The highest BCUT2D eigenvalue weighted by Gasteiger charge is 2.51. The van der Waals surface area contributed by atoms with Gasteiger partial charge in [0, 0.05) is 20.8 Å². The number of ether oxygens (including phenoxy) is 1. The Hall–Kier alpha value is -3.33. The van der Waals surface area contributed by atoms with Crippen molar-refractivity contribution in [1.82, 2.24) is 0 Å². The van der Waals surface area contributed by atoms with Crippen LogP contribution < -0.4 is 4.74 Å². The predicted octanol–water partition coefficient (Wildman–Crippen LogP) is 4.80. The molecule has 0 saturated carbocycles. The van der Waals surface area contributed by atoms with Gasteiger partial charge >= 0.3 is 8.80 Å². The van der Waals surface area contributed by atoms with Crippen molar-refractivity contribution >= 4 is 26.7 Å². The number of phenols is 1. The van der Waals surface area contributed by atoms with E-state index in [4.69, 9.17) is 18.0 Å². The van der Waals surface area contributed by atoms with E-state index in [9.17, 15) is 19.5 Å². The number of carbonyl (C=O) groups is 3. The minimum Gasteiger partial charge on any atom is -0.508 e. The molecule has 2 aromatic carbocycles. The molecule has 1 N–H and O–H groups in total. The Kier molecular flexibility index (Phi) is 10.1. The maximum atomic E-state index is 11.6. The number of hydrogen-bond acceptors (Lipinski definition) is 8. The first-order valence-electron chi connectivity index (χ1n) is 11.3. The summed E-state index contributed by atoms with van der Waals surface area (Å²) in [5.74, 6) is -1.20.